The predicted octanol–water partition coefficient (Wildman–Crippen LogP) is 2.18. The molecule has 0 bridgehead atoms. The normalized spacial score (nSPS) is 11.1. The van der Waals surface area contributed by atoms with Crippen LogP contribution in [-0.2, 0) is 11.2 Å². The number of carbonyl (C=O) groups excluding carboxylic acids is 1. The number of phenolic OH excluding ortho intramolecular Hbond substituents is 1. The van der Waals surface area contributed by atoms with Gasteiger partial charge in [0.2, 0.25) is 5.91 Å². The predicted molar refractivity (Wildman–Crippen MR) is 68.8 cm³/mol. The van der Waals surface area contributed by atoms with Gasteiger partial charge in [-0.15, -0.1) is 0 Å². The number of carbonyl (C=O) groups is 1. The Kier molecular flexibility index (Phi) is 5.58. The number of allylic oxidation sites excluding steroid dienone is 3. The molecule has 0 spiro atoms. The van der Waals surface area contributed by atoms with Gasteiger partial charge < -0.3 is 10.4 Å². The molecule has 17 heavy (non-hydrogen) atoms. The molecular formula is C14H17NO2. The molecule has 0 aliphatic heterocycles. The summed E-state index contributed by atoms with van der Waals surface area (Å²) in [5.74, 6) is 0.161. The van der Waals surface area contributed by atoms with Gasteiger partial charge in [-0.1, -0.05) is 30.4 Å². The highest BCUT2D eigenvalue weighted by atomic mass is 16.3. The number of hydrogen-bond donors (Lipinski definition) is 2. The van der Waals surface area contributed by atoms with Crippen LogP contribution in [-0.4, -0.2) is 17.6 Å². The lowest BCUT2D eigenvalue weighted by Gasteiger charge is -2.02. The Bertz CT molecular complexity index is 405. The highest BCUT2D eigenvalue weighted by molar-refractivity contribution is 5.87. The second-order valence-electron chi connectivity index (χ2n) is 3.59. The van der Waals surface area contributed by atoms with E-state index in [0.29, 0.717) is 6.54 Å². The molecule has 0 aliphatic rings. The molecule has 0 saturated carbocycles. The molecule has 0 unspecified atom stereocenters. The number of hydrogen-bond acceptors (Lipinski definition) is 2. The van der Waals surface area contributed by atoms with Gasteiger partial charge in [0.25, 0.3) is 0 Å². The molecule has 3 nitrogen and oxygen atoms in total. The average Bonchev–Trinajstić information content (AvgIpc) is 2.32. The summed E-state index contributed by atoms with van der Waals surface area (Å²) in [5, 5.41) is 11.9. The smallest absolute Gasteiger partial charge is 0.243 e. The molecule has 0 fully saturated rings. The van der Waals surface area contributed by atoms with Gasteiger partial charge in [-0.05, 0) is 31.0 Å². The Morgan fingerprint density at radius 1 is 1.29 bits per heavy atom. The zero-order chi connectivity index (χ0) is 12.5. The minimum atomic E-state index is -0.0955. The summed E-state index contributed by atoms with van der Waals surface area (Å²) in [6.45, 7) is 2.48. The van der Waals surface area contributed by atoms with Crippen molar-refractivity contribution < 1.29 is 9.90 Å². The summed E-state index contributed by atoms with van der Waals surface area (Å²) < 4.78 is 0. The van der Waals surface area contributed by atoms with Crippen LogP contribution in [0.15, 0.2) is 48.6 Å². The number of amides is 1. The Balaban J connectivity index is 2.28. The van der Waals surface area contributed by atoms with Crippen molar-refractivity contribution >= 4 is 5.91 Å². The molecule has 0 aliphatic carbocycles. The van der Waals surface area contributed by atoms with Crippen LogP contribution in [0.4, 0.5) is 0 Å². The van der Waals surface area contributed by atoms with Crippen molar-refractivity contribution in [3.05, 3.63) is 54.1 Å². The van der Waals surface area contributed by atoms with Gasteiger partial charge in [-0.3, -0.25) is 4.79 Å². The average molecular weight is 231 g/mol. The maximum absolute atomic E-state index is 11.3. The van der Waals surface area contributed by atoms with Gasteiger partial charge in [0.15, 0.2) is 0 Å². The number of phenols is 1. The van der Waals surface area contributed by atoms with Crippen molar-refractivity contribution in [1.29, 1.82) is 0 Å². The highest BCUT2D eigenvalue weighted by Gasteiger charge is 1.96. The lowest BCUT2D eigenvalue weighted by atomic mass is 10.1. The van der Waals surface area contributed by atoms with E-state index >= 15 is 0 Å². The van der Waals surface area contributed by atoms with Crippen molar-refractivity contribution in [2.24, 2.45) is 0 Å². The lowest BCUT2D eigenvalue weighted by Crippen LogP contribution is -2.23. The second-order valence-corrected chi connectivity index (χ2v) is 3.59. The Morgan fingerprint density at radius 2 is 2.00 bits per heavy atom. The van der Waals surface area contributed by atoms with Crippen LogP contribution in [0, 0.1) is 0 Å². The largest absolute Gasteiger partial charge is 0.508 e. The minimum Gasteiger partial charge on any atom is -0.508 e. The van der Waals surface area contributed by atoms with Gasteiger partial charge in [0, 0.05) is 12.6 Å². The standard InChI is InChI=1S/C14H17NO2/c1-2-3-4-5-14(17)15-11-10-12-6-8-13(16)9-7-12/h2-9,16H,10-11H2,1H3,(H,15,17)/b3-2+,5-4+. The van der Waals surface area contributed by atoms with Gasteiger partial charge in [0.05, 0.1) is 0 Å². The summed E-state index contributed by atoms with van der Waals surface area (Å²) >= 11 is 0. The van der Waals surface area contributed by atoms with Gasteiger partial charge >= 0.3 is 0 Å². The van der Waals surface area contributed by atoms with Crippen LogP contribution in [0.25, 0.3) is 0 Å². The van der Waals surface area contributed by atoms with Crippen molar-refractivity contribution in [2.45, 2.75) is 13.3 Å². The fourth-order valence-electron chi connectivity index (χ4n) is 1.31. The molecule has 1 amide bonds. The van der Waals surface area contributed by atoms with Gasteiger partial charge in [-0.25, -0.2) is 0 Å². The first kappa shape index (κ1) is 13.0. The number of rotatable bonds is 5. The monoisotopic (exact) mass is 231 g/mol. The number of benzene rings is 1. The van der Waals surface area contributed by atoms with Crippen LogP contribution in [0.1, 0.15) is 12.5 Å². The molecule has 0 heterocycles. The van der Waals surface area contributed by atoms with Crippen molar-refractivity contribution in [3.8, 4) is 5.75 Å². The molecule has 0 aromatic heterocycles. The molecule has 0 saturated heterocycles. The molecule has 1 aromatic rings. The minimum absolute atomic E-state index is 0.0955. The van der Waals surface area contributed by atoms with Crippen molar-refractivity contribution in [3.63, 3.8) is 0 Å². The molecule has 1 aromatic carbocycles. The molecular weight excluding hydrogens is 214 g/mol. The van der Waals surface area contributed by atoms with E-state index in [1.165, 1.54) is 6.08 Å². The zero-order valence-electron chi connectivity index (χ0n) is 9.89. The number of nitrogens with one attached hydrogen (secondary N) is 1. The summed E-state index contributed by atoms with van der Waals surface area (Å²) in [6.07, 6.45) is 7.62. The van der Waals surface area contributed by atoms with Crippen LogP contribution < -0.4 is 5.32 Å². The summed E-state index contributed by atoms with van der Waals surface area (Å²) in [6, 6.07) is 6.97. The third-order valence-corrected chi connectivity index (χ3v) is 2.20. The third-order valence-electron chi connectivity index (χ3n) is 2.20. The van der Waals surface area contributed by atoms with Crippen LogP contribution in [0.3, 0.4) is 0 Å². The van der Waals surface area contributed by atoms with Gasteiger partial charge in [-0.2, -0.15) is 0 Å². The molecule has 90 valence electrons. The fraction of sp³-hybridized carbons (Fsp3) is 0.214. The maximum Gasteiger partial charge on any atom is 0.243 e. The summed E-state index contributed by atoms with van der Waals surface area (Å²) in [7, 11) is 0. The van der Waals surface area contributed by atoms with E-state index in [4.69, 9.17) is 5.11 Å². The van der Waals surface area contributed by atoms with Crippen LogP contribution in [0.2, 0.25) is 0 Å². The first-order valence-corrected chi connectivity index (χ1v) is 5.57. The summed E-state index contributed by atoms with van der Waals surface area (Å²) in [4.78, 5) is 11.3. The summed E-state index contributed by atoms with van der Waals surface area (Å²) in [5.41, 5.74) is 1.08. The van der Waals surface area contributed by atoms with E-state index < -0.39 is 0 Å². The van der Waals surface area contributed by atoms with E-state index in [1.807, 2.05) is 25.1 Å². The third kappa shape index (κ3) is 5.56. The van der Waals surface area contributed by atoms with E-state index in [0.717, 1.165) is 12.0 Å². The van der Waals surface area contributed by atoms with Gasteiger partial charge in [0.1, 0.15) is 5.75 Å². The zero-order valence-corrected chi connectivity index (χ0v) is 9.89. The molecule has 3 heteroatoms. The molecule has 0 radical (unpaired) electrons. The molecule has 1 rings (SSSR count). The highest BCUT2D eigenvalue weighted by Crippen LogP contribution is 2.09. The lowest BCUT2D eigenvalue weighted by molar-refractivity contribution is -0.116. The maximum atomic E-state index is 11.3. The Labute approximate surface area is 101 Å². The van der Waals surface area contributed by atoms with Crippen LogP contribution >= 0.6 is 0 Å². The van der Waals surface area contributed by atoms with Crippen LogP contribution in [0.5, 0.6) is 5.75 Å². The molecule has 0 atom stereocenters. The number of aromatic hydroxyl groups is 1. The van der Waals surface area contributed by atoms with E-state index in [2.05, 4.69) is 5.32 Å². The first-order chi connectivity index (χ1) is 8.22. The molecule has 2 N–H and O–H groups in total. The van der Waals surface area contributed by atoms with Crippen molar-refractivity contribution in [2.75, 3.05) is 6.54 Å². The SMILES string of the molecule is C/C=C/C=C/C(=O)NCCc1ccc(O)cc1. The quantitative estimate of drug-likeness (QED) is 0.603. The Hall–Kier alpha value is -2.03. The topological polar surface area (TPSA) is 49.3 Å². The van der Waals surface area contributed by atoms with Crippen molar-refractivity contribution in [1.82, 2.24) is 5.32 Å². The van der Waals surface area contributed by atoms with E-state index in [-0.39, 0.29) is 11.7 Å². The first-order valence-electron chi connectivity index (χ1n) is 5.57. The second kappa shape index (κ2) is 7.28. The fourth-order valence-corrected chi connectivity index (χ4v) is 1.31. The van der Waals surface area contributed by atoms with E-state index in [9.17, 15) is 4.79 Å². The van der Waals surface area contributed by atoms with E-state index in [1.54, 1.807) is 24.3 Å². The Morgan fingerprint density at radius 3 is 2.65 bits per heavy atom.